The average molecular weight is 355 g/mol. The van der Waals surface area contributed by atoms with Gasteiger partial charge in [-0.25, -0.2) is 0 Å². The van der Waals surface area contributed by atoms with E-state index in [9.17, 15) is 4.79 Å². The Kier molecular flexibility index (Phi) is 3.45. The number of benzene rings is 1. The first-order chi connectivity index (χ1) is 12.6. The molecule has 2 saturated carbocycles. The van der Waals surface area contributed by atoms with Gasteiger partial charge in [0.1, 0.15) is 0 Å². The predicted molar refractivity (Wildman–Crippen MR) is 91.6 cm³/mol. The van der Waals surface area contributed by atoms with E-state index < -0.39 is 0 Å². The third-order valence-corrected chi connectivity index (χ3v) is 6.00. The zero-order valence-corrected chi connectivity index (χ0v) is 14.8. The van der Waals surface area contributed by atoms with E-state index in [0.717, 1.165) is 30.6 Å². The summed E-state index contributed by atoms with van der Waals surface area (Å²) >= 11 is 0. The third kappa shape index (κ3) is 2.29. The summed E-state index contributed by atoms with van der Waals surface area (Å²) in [7, 11) is 3.63. The van der Waals surface area contributed by atoms with Crippen LogP contribution in [0.1, 0.15) is 31.1 Å². The second-order valence-corrected chi connectivity index (χ2v) is 7.64. The van der Waals surface area contributed by atoms with Gasteiger partial charge in [-0.15, -0.1) is 0 Å². The van der Waals surface area contributed by atoms with Gasteiger partial charge >= 0.3 is 0 Å². The van der Waals surface area contributed by atoms with Crippen LogP contribution in [0.25, 0.3) is 11.4 Å². The van der Waals surface area contributed by atoms with Crippen LogP contribution in [-0.4, -0.2) is 41.8 Å². The molecular formula is C19H21N3O4. The number of hydrogen-bond donors (Lipinski definition) is 0. The SMILES string of the molecule is CN(C)C(=O)[C@H]1[C@H]2CC[C@H](C2)[C@@H]1c1nc(-c2ccc3c(c2)OCO3)no1. The zero-order valence-electron chi connectivity index (χ0n) is 14.8. The standard InChI is InChI=1S/C19H21N3O4/c1-22(2)19(23)16-11-4-3-10(7-11)15(16)18-20-17(21-26-18)12-5-6-13-14(8-12)25-9-24-13/h5-6,8,10-11,15-16H,3-4,7,9H2,1-2H3/t10-,11+,15+,16+/m1/s1. The van der Waals surface area contributed by atoms with Crippen molar-refractivity contribution in [2.24, 2.45) is 17.8 Å². The molecule has 7 heteroatoms. The van der Waals surface area contributed by atoms with Crippen molar-refractivity contribution in [3.05, 3.63) is 24.1 Å². The normalized spacial score (nSPS) is 28.5. The molecular weight excluding hydrogens is 334 g/mol. The largest absolute Gasteiger partial charge is 0.454 e. The van der Waals surface area contributed by atoms with Gasteiger partial charge in [-0.1, -0.05) is 5.16 Å². The Hall–Kier alpha value is -2.57. The molecule has 0 radical (unpaired) electrons. The molecule has 1 aromatic heterocycles. The number of aromatic nitrogens is 2. The zero-order chi connectivity index (χ0) is 17.8. The Bertz CT molecular complexity index is 862. The highest BCUT2D eigenvalue weighted by molar-refractivity contribution is 5.80. The second kappa shape index (κ2) is 5.72. The van der Waals surface area contributed by atoms with Gasteiger partial charge in [0.2, 0.25) is 24.4 Å². The molecule has 0 saturated heterocycles. The van der Waals surface area contributed by atoms with Crippen LogP contribution in [0.15, 0.2) is 22.7 Å². The smallest absolute Gasteiger partial charge is 0.231 e. The highest BCUT2D eigenvalue weighted by Crippen LogP contribution is 2.56. The Balaban J connectivity index is 1.47. The lowest BCUT2D eigenvalue weighted by molar-refractivity contribution is -0.135. The first-order valence-corrected chi connectivity index (χ1v) is 9.06. The lowest BCUT2D eigenvalue weighted by Crippen LogP contribution is -2.36. The van der Waals surface area contributed by atoms with Crippen LogP contribution in [0.3, 0.4) is 0 Å². The average Bonchev–Trinajstić information content (AvgIpc) is 3.42. The van der Waals surface area contributed by atoms with Crippen LogP contribution in [0.2, 0.25) is 0 Å². The van der Waals surface area contributed by atoms with E-state index >= 15 is 0 Å². The number of nitrogens with zero attached hydrogens (tertiary/aromatic N) is 3. The maximum Gasteiger partial charge on any atom is 0.231 e. The summed E-state index contributed by atoms with van der Waals surface area (Å²) in [6.45, 7) is 0.232. The summed E-state index contributed by atoms with van der Waals surface area (Å²) in [5.41, 5.74) is 0.822. The topological polar surface area (TPSA) is 77.7 Å². The minimum atomic E-state index is -0.0474. The van der Waals surface area contributed by atoms with Crippen molar-refractivity contribution in [1.82, 2.24) is 15.0 Å². The van der Waals surface area contributed by atoms with Gasteiger partial charge in [-0.05, 0) is 49.3 Å². The Morgan fingerprint density at radius 2 is 1.96 bits per heavy atom. The first-order valence-electron chi connectivity index (χ1n) is 9.06. The number of carbonyl (C=O) groups is 1. The van der Waals surface area contributed by atoms with E-state index in [1.54, 1.807) is 4.90 Å². The van der Waals surface area contributed by atoms with Crippen LogP contribution in [-0.2, 0) is 4.79 Å². The molecule has 4 atom stereocenters. The van der Waals surface area contributed by atoms with E-state index in [2.05, 4.69) is 10.1 Å². The summed E-state index contributed by atoms with van der Waals surface area (Å²) in [6.07, 6.45) is 3.33. The quantitative estimate of drug-likeness (QED) is 0.842. The molecule has 1 amide bonds. The molecule has 2 aliphatic carbocycles. The van der Waals surface area contributed by atoms with Gasteiger partial charge in [0.05, 0.1) is 11.8 Å². The van der Waals surface area contributed by atoms with Crippen LogP contribution < -0.4 is 9.47 Å². The molecule has 2 aromatic rings. The van der Waals surface area contributed by atoms with E-state index in [1.165, 1.54) is 0 Å². The van der Waals surface area contributed by atoms with Crippen molar-refractivity contribution in [3.8, 4) is 22.9 Å². The summed E-state index contributed by atoms with van der Waals surface area (Å²) in [4.78, 5) is 19.1. The molecule has 2 heterocycles. The number of rotatable bonds is 3. The molecule has 3 aliphatic rings. The summed E-state index contributed by atoms with van der Waals surface area (Å²) in [5, 5.41) is 4.17. The molecule has 1 aliphatic heterocycles. The molecule has 1 aromatic carbocycles. The maximum absolute atomic E-state index is 12.7. The Labute approximate surface area is 151 Å². The summed E-state index contributed by atoms with van der Waals surface area (Å²) in [5.74, 6) is 3.57. The van der Waals surface area contributed by atoms with Crippen LogP contribution in [0.5, 0.6) is 11.5 Å². The molecule has 0 N–H and O–H groups in total. The van der Waals surface area contributed by atoms with Gasteiger partial charge in [-0.2, -0.15) is 4.98 Å². The number of hydrogen-bond acceptors (Lipinski definition) is 6. The fourth-order valence-electron chi connectivity index (χ4n) is 4.82. The Morgan fingerprint density at radius 1 is 1.15 bits per heavy atom. The highest BCUT2D eigenvalue weighted by Gasteiger charge is 2.54. The fourth-order valence-corrected chi connectivity index (χ4v) is 4.82. The van der Waals surface area contributed by atoms with Crippen molar-refractivity contribution in [2.75, 3.05) is 20.9 Å². The minimum Gasteiger partial charge on any atom is -0.454 e. The van der Waals surface area contributed by atoms with Gasteiger partial charge in [0.15, 0.2) is 11.5 Å². The predicted octanol–water partition coefficient (Wildman–Crippen LogP) is 2.68. The minimum absolute atomic E-state index is 0.0268. The molecule has 2 bridgehead atoms. The molecule has 5 rings (SSSR count). The van der Waals surface area contributed by atoms with Crippen molar-refractivity contribution in [3.63, 3.8) is 0 Å². The van der Waals surface area contributed by atoms with E-state index in [1.807, 2.05) is 32.3 Å². The van der Waals surface area contributed by atoms with Crippen molar-refractivity contribution < 1.29 is 18.8 Å². The fraction of sp³-hybridized carbons (Fsp3) is 0.526. The molecule has 0 spiro atoms. The molecule has 7 nitrogen and oxygen atoms in total. The number of fused-ring (bicyclic) bond motifs is 3. The number of ether oxygens (including phenoxy) is 2. The second-order valence-electron chi connectivity index (χ2n) is 7.64. The van der Waals surface area contributed by atoms with Crippen molar-refractivity contribution in [1.29, 1.82) is 0 Å². The lowest BCUT2D eigenvalue weighted by atomic mass is 9.78. The molecule has 0 unspecified atom stereocenters. The third-order valence-electron chi connectivity index (χ3n) is 6.00. The van der Waals surface area contributed by atoms with E-state index in [-0.39, 0.29) is 24.5 Å². The number of amides is 1. The van der Waals surface area contributed by atoms with Gasteiger partial charge < -0.3 is 18.9 Å². The van der Waals surface area contributed by atoms with E-state index in [4.69, 9.17) is 14.0 Å². The van der Waals surface area contributed by atoms with Crippen LogP contribution in [0, 0.1) is 17.8 Å². The van der Waals surface area contributed by atoms with Crippen LogP contribution >= 0.6 is 0 Å². The lowest BCUT2D eigenvalue weighted by Gasteiger charge is -2.29. The summed E-state index contributed by atoms with van der Waals surface area (Å²) in [6, 6.07) is 5.61. The summed E-state index contributed by atoms with van der Waals surface area (Å²) < 4.78 is 16.4. The Morgan fingerprint density at radius 3 is 2.81 bits per heavy atom. The highest BCUT2D eigenvalue weighted by atomic mass is 16.7. The maximum atomic E-state index is 12.7. The van der Waals surface area contributed by atoms with Gasteiger partial charge in [0, 0.05) is 19.7 Å². The molecule has 2 fully saturated rings. The first kappa shape index (κ1) is 15.7. The van der Waals surface area contributed by atoms with Crippen molar-refractivity contribution in [2.45, 2.75) is 25.2 Å². The van der Waals surface area contributed by atoms with Crippen LogP contribution in [0.4, 0.5) is 0 Å². The van der Waals surface area contributed by atoms with Gasteiger partial charge in [-0.3, -0.25) is 4.79 Å². The van der Waals surface area contributed by atoms with E-state index in [0.29, 0.717) is 29.3 Å². The molecule has 26 heavy (non-hydrogen) atoms. The molecule has 136 valence electrons. The van der Waals surface area contributed by atoms with Crippen molar-refractivity contribution >= 4 is 5.91 Å². The monoisotopic (exact) mass is 355 g/mol. The van der Waals surface area contributed by atoms with Gasteiger partial charge in [0.25, 0.3) is 0 Å². The number of carbonyl (C=O) groups excluding carboxylic acids is 1.